The maximum atomic E-state index is 11.9. The Morgan fingerprint density at radius 2 is 1.82 bits per heavy atom. The summed E-state index contributed by atoms with van der Waals surface area (Å²) in [5, 5.41) is 2.51. The first-order valence-electron chi connectivity index (χ1n) is 4.49. The van der Waals surface area contributed by atoms with Crippen LogP contribution in [0.2, 0.25) is 0 Å². The quantitative estimate of drug-likeness (QED) is 0.375. The van der Waals surface area contributed by atoms with Crippen molar-refractivity contribution in [2.45, 2.75) is 13.1 Å². The lowest BCUT2D eigenvalue weighted by atomic mass is 10.2. The van der Waals surface area contributed by atoms with Gasteiger partial charge in [-0.15, -0.1) is 0 Å². The van der Waals surface area contributed by atoms with Crippen molar-refractivity contribution in [1.82, 2.24) is 0 Å². The Balaban J connectivity index is 2.71. The Kier molecular flexibility index (Phi) is 3.72. The molecule has 1 aromatic carbocycles. The van der Waals surface area contributed by atoms with E-state index in [4.69, 9.17) is 0 Å². The van der Waals surface area contributed by atoms with Crippen LogP contribution in [0.15, 0.2) is 29.4 Å². The van der Waals surface area contributed by atoms with Crippen LogP contribution >= 0.6 is 0 Å². The van der Waals surface area contributed by atoms with Crippen LogP contribution in [0.5, 0.6) is 0 Å². The molecule has 0 bridgehead atoms. The fraction of sp³-hybridized carbons (Fsp3) is 0.200. The summed E-state index contributed by atoms with van der Waals surface area (Å²) in [5.41, 5.74) is 5.54. The summed E-state index contributed by atoms with van der Waals surface area (Å²) in [4.78, 5) is 15.3. The fourth-order valence-corrected chi connectivity index (χ4v) is 0.885. The predicted molar refractivity (Wildman–Crippen MR) is 54.3 cm³/mol. The molecule has 0 radical (unpaired) electrons. The van der Waals surface area contributed by atoms with Crippen LogP contribution in [-0.2, 0) is 4.84 Å². The monoisotopic (exact) mass is 246 g/mol. The summed E-state index contributed by atoms with van der Waals surface area (Å²) in [7, 11) is 0. The lowest BCUT2D eigenvalue weighted by Gasteiger charge is -2.04. The number of rotatable bonds is 2. The molecule has 1 rings (SSSR count). The van der Waals surface area contributed by atoms with E-state index in [0.29, 0.717) is 0 Å². The van der Waals surface area contributed by atoms with E-state index < -0.39 is 18.0 Å². The normalized spacial score (nSPS) is 12.4. The van der Waals surface area contributed by atoms with Crippen molar-refractivity contribution < 1.29 is 22.8 Å². The van der Waals surface area contributed by atoms with Crippen LogP contribution in [0.25, 0.3) is 0 Å². The predicted octanol–water partition coefficient (Wildman–Crippen LogP) is 1.99. The van der Waals surface area contributed by atoms with Gasteiger partial charge in [0.1, 0.15) is 0 Å². The maximum Gasteiger partial charge on any atom is 0.452 e. The highest BCUT2D eigenvalue weighted by Crippen LogP contribution is 2.14. The summed E-state index contributed by atoms with van der Waals surface area (Å²) in [6, 6.07) is 6.06. The number of alkyl halides is 3. The van der Waals surface area contributed by atoms with Crippen molar-refractivity contribution in [3.05, 3.63) is 35.4 Å². The van der Waals surface area contributed by atoms with Crippen molar-refractivity contribution >= 4 is 11.8 Å². The Bertz CT molecular complexity index is 438. The molecule has 0 saturated heterocycles. The van der Waals surface area contributed by atoms with Gasteiger partial charge in [0, 0.05) is 0 Å². The second kappa shape index (κ2) is 4.86. The Labute approximate surface area is 94.9 Å². The maximum absolute atomic E-state index is 11.9. The lowest BCUT2D eigenvalue weighted by molar-refractivity contribution is -0.0623. The van der Waals surface area contributed by atoms with Crippen molar-refractivity contribution in [3.8, 4) is 0 Å². The minimum atomic E-state index is -4.81. The average Bonchev–Trinajstić information content (AvgIpc) is 2.25. The van der Waals surface area contributed by atoms with Crippen LogP contribution < -0.4 is 5.73 Å². The number of halogens is 3. The second-order valence-electron chi connectivity index (χ2n) is 3.22. The number of aryl methyl sites for hydroxylation is 1. The number of carbonyl (C=O) groups excluding carboxylic acids is 1. The van der Waals surface area contributed by atoms with Gasteiger partial charge in [0.05, 0.1) is 5.56 Å². The van der Waals surface area contributed by atoms with Crippen molar-refractivity contribution in [3.63, 3.8) is 0 Å². The van der Waals surface area contributed by atoms with E-state index in [0.717, 1.165) is 5.56 Å². The zero-order valence-electron chi connectivity index (χ0n) is 8.78. The van der Waals surface area contributed by atoms with Crippen LogP contribution in [0, 0.1) is 6.92 Å². The molecular weight excluding hydrogens is 237 g/mol. The number of nitrogens with two attached hydrogens (primary N) is 1. The average molecular weight is 246 g/mol. The van der Waals surface area contributed by atoms with E-state index in [9.17, 15) is 18.0 Å². The molecular formula is C10H9F3N2O2. The Morgan fingerprint density at radius 1 is 1.29 bits per heavy atom. The molecule has 2 N–H and O–H groups in total. The van der Waals surface area contributed by atoms with Gasteiger partial charge >= 0.3 is 12.1 Å². The summed E-state index contributed by atoms with van der Waals surface area (Å²) in [6.07, 6.45) is -4.81. The molecule has 4 nitrogen and oxygen atoms in total. The highest BCUT2D eigenvalue weighted by molar-refractivity contribution is 5.91. The summed E-state index contributed by atoms with van der Waals surface area (Å²) in [5.74, 6) is -2.71. The Morgan fingerprint density at radius 3 is 2.29 bits per heavy atom. The molecule has 7 heteroatoms. The molecule has 0 saturated carbocycles. The van der Waals surface area contributed by atoms with E-state index in [-0.39, 0.29) is 5.56 Å². The molecule has 0 fully saturated rings. The molecule has 0 aliphatic carbocycles. The summed E-state index contributed by atoms with van der Waals surface area (Å²) < 4.78 is 35.7. The van der Waals surface area contributed by atoms with E-state index >= 15 is 0 Å². The van der Waals surface area contributed by atoms with Gasteiger partial charge in [-0.05, 0) is 19.1 Å². The van der Waals surface area contributed by atoms with E-state index in [2.05, 4.69) is 15.7 Å². The van der Waals surface area contributed by atoms with E-state index in [1.54, 1.807) is 19.1 Å². The van der Waals surface area contributed by atoms with Crippen LogP contribution in [0.3, 0.4) is 0 Å². The first-order valence-corrected chi connectivity index (χ1v) is 4.49. The third-order valence-electron chi connectivity index (χ3n) is 1.80. The molecule has 0 atom stereocenters. The largest absolute Gasteiger partial charge is 0.452 e. The molecule has 0 aliphatic heterocycles. The molecule has 0 amide bonds. The van der Waals surface area contributed by atoms with Gasteiger partial charge in [-0.1, -0.05) is 22.9 Å². The van der Waals surface area contributed by atoms with Crippen LogP contribution in [0.1, 0.15) is 15.9 Å². The third-order valence-corrected chi connectivity index (χ3v) is 1.80. The fourth-order valence-electron chi connectivity index (χ4n) is 0.885. The minimum Gasteiger partial charge on any atom is -0.377 e. The zero-order chi connectivity index (χ0) is 13.1. The van der Waals surface area contributed by atoms with Crippen LogP contribution in [0.4, 0.5) is 13.2 Å². The molecule has 0 aromatic heterocycles. The summed E-state index contributed by atoms with van der Waals surface area (Å²) >= 11 is 0. The highest BCUT2D eigenvalue weighted by Gasteiger charge is 2.34. The zero-order valence-corrected chi connectivity index (χ0v) is 8.78. The number of hydrogen-bond acceptors (Lipinski definition) is 3. The number of benzene rings is 1. The third kappa shape index (κ3) is 3.78. The number of hydrogen-bond donors (Lipinski definition) is 1. The SMILES string of the molecule is Cc1ccc(C(=O)O/N=C(\N)C(F)(F)F)cc1. The van der Waals surface area contributed by atoms with Crippen LogP contribution in [-0.4, -0.2) is 18.0 Å². The molecule has 0 unspecified atom stereocenters. The second-order valence-corrected chi connectivity index (χ2v) is 3.22. The highest BCUT2D eigenvalue weighted by atomic mass is 19.4. The van der Waals surface area contributed by atoms with Gasteiger partial charge in [-0.25, -0.2) is 4.79 Å². The first kappa shape index (κ1) is 13.0. The molecule has 92 valence electrons. The standard InChI is InChI=1S/C10H9F3N2O2/c1-6-2-4-7(5-3-6)8(16)17-15-9(14)10(11,12)13/h2-5H,1H3,(H2,14,15). The van der Waals surface area contributed by atoms with Gasteiger partial charge in [0.15, 0.2) is 0 Å². The van der Waals surface area contributed by atoms with E-state index in [1.807, 2.05) is 0 Å². The Hall–Kier alpha value is -2.05. The number of carbonyl (C=O) groups is 1. The molecule has 1 aromatic rings. The first-order chi connectivity index (χ1) is 7.80. The lowest BCUT2D eigenvalue weighted by Crippen LogP contribution is -2.31. The smallest absolute Gasteiger partial charge is 0.377 e. The van der Waals surface area contributed by atoms with Gasteiger partial charge in [0.25, 0.3) is 0 Å². The number of oxime groups is 1. The molecule has 0 heterocycles. The van der Waals surface area contributed by atoms with Gasteiger partial charge in [-0.3, -0.25) is 0 Å². The topological polar surface area (TPSA) is 64.7 Å². The van der Waals surface area contributed by atoms with Gasteiger partial charge < -0.3 is 10.6 Å². The number of nitrogens with zero attached hydrogens (tertiary/aromatic N) is 1. The molecule has 0 spiro atoms. The molecule has 0 aliphatic rings. The minimum absolute atomic E-state index is 0.0920. The number of amidine groups is 1. The van der Waals surface area contributed by atoms with Crippen molar-refractivity contribution in [2.75, 3.05) is 0 Å². The van der Waals surface area contributed by atoms with Gasteiger partial charge in [0.2, 0.25) is 5.84 Å². The van der Waals surface area contributed by atoms with E-state index in [1.165, 1.54) is 12.1 Å². The van der Waals surface area contributed by atoms with Crippen molar-refractivity contribution in [1.29, 1.82) is 0 Å². The van der Waals surface area contributed by atoms with Gasteiger partial charge in [-0.2, -0.15) is 13.2 Å². The van der Waals surface area contributed by atoms with Crippen molar-refractivity contribution in [2.24, 2.45) is 10.9 Å². The summed E-state index contributed by atoms with van der Waals surface area (Å²) in [6.45, 7) is 1.80. The molecule has 17 heavy (non-hydrogen) atoms.